The molecule has 0 fully saturated rings. The second kappa shape index (κ2) is 12.2. The standard InChI is InChI=1S/C49H32N4O/c1-3-13-31(14-4-1)32-23-25-34(26-24-32)48-50-47(33-15-5-2-6-16-33)51-49(52-48)36-27-28-40-43(30-36)54-44-29-35-17-7-8-18-37(35)46(45(40)44)53-41-21-11-9-19-38(41)39-20-10-12-22-42(39)53/h1-30,49H,(H,50,51,52). The molecule has 8 aromatic carbocycles. The first-order chi connectivity index (χ1) is 26.8. The lowest BCUT2D eigenvalue weighted by atomic mass is 10.0. The van der Waals surface area contributed by atoms with Crippen LogP contribution in [0, 0.1) is 0 Å². The van der Waals surface area contributed by atoms with E-state index in [0.29, 0.717) is 5.84 Å². The Hall–Kier alpha value is -7.24. The number of fused-ring (bicyclic) bond motifs is 7. The topological polar surface area (TPSA) is 54.8 Å². The Morgan fingerprint density at radius 1 is 0.481 bits per heavy atom. The van der Waals surface area contributed by atoms with Gasteiger partial charge in [0.05, 0.1) is 22.1 Å². The first kappa shape index (κ1) is 30.4. The van der Waals surface area contributed by atoms with Gasteiger partial charge in [0.15, 0.2) is 5.84 Å². The minimum Gasteiger partial charge on any atom is -0.456 e. The van der Waals surface area contributed by atoms with E-state index in [4.69, 9.17) is 14.4 Å². The summed E-state index contributed by atoms with van der Waals surface area (Å²) in [6.45, 7) is 0. The summed E-state index contributed by atoms with van der Waals surface area (Å²) < 4.78 is 9.23. The van der Waals surface area contributed by atoms with Crippen LogP contribution in [0.2, 0.25) is 0 Å². The van der Waals surface area contributed by atoms with Crippen LogP contribution in [-0.2, 0) is 0 Å². The quantitative estimate of drug-likeness (QED) is 0.195. The highest BCUT2D eigenvalue weighted by atomic mass is 16.3. The number of amidine groups is 2. The zero-order chi connectivity index (χ0) is 35.6. The predicted octanol–water partition coefficient (Wildman–Crippen LogP) is 12.0. The molecule has 0 bridgehead atoms. The lowest BCUT2D eigenvalue weighted by Gasteiger charge is -2.23. The number of aromatic nitrogens is 1. The van der Waals surface area contributed by atoms with Crippen LogP contribution >= 0.6 is 0 Å². The van der Waals surface area contributed by atoms with E-state index in [1.807, 2.05) is 24.3 Å². The third-order valence-electron chi connectivity index (χ3n) is 10.6. The predicted molar refractivity (Wildman–Crippen MR) is 223 cm³/mol. The van der Waals surface area contributed by atoms with Gasteiger partial charge in [-0.25, -0.2) is 9.98 Å². The van der Waals surface area contributed by atoms with E-state index < -0.39 is 0 Å². The first-order valence-electron chi connectivity index (χ1n) is 18.3. The molecule has 254 valence electrons. The second-order valence-corrected chi connectivity index (χ2v) is 13.8. The van der Waals surface area contributed by atoms with Gasteiger partial charge in [-0.3, -0.25) is 0 Å². The van der Waals surface area contributed by atoms with Gasteiger partial charge in [0.2, 0.25) is 0 Å². The summed E-state index contributed by atoms with van der Waals surface area (Å²) in [5.41, 5.74) is 10.4. The number of hydrogen-bond donors (Lipinski definition) is 1. The number of rotatable bonds is 5. The first-order valence-corrected chi connectivity index (χ1v) is 18.3. The molecule has 0 amide bonds. The van der Waals surface area contributed by atoms with Crippen molar-refractivity contribution in [2.45, 2.75) is 6.17 Å². The Labute approximate surface area is 311 Å². The van der Waals surface area contributed by atoms with Gasteiger partial charge in [-0.2, -0.15) is 0 Å². The molecule has 5 nitrogen and oxygen atoms in total. The van der Waals surface area contributed by atoms with Crippen molar-refractivity contribution in [3.63, 3.8) is 0 Å². The Bertz CT molecular complexity index is 3060. The van der Waals surface area contributed by atoms with E-state index in [0.717, 1.165) is 61.1 Å². The van der Waals surface area contributed by atoms with E-state index in [-0.39, 0.29) is 6.17 Å². The minimum absolute atomic E-state index is 0.380. The van der Waals surface area contributed by atoms with Crippen molar-refractivity contribution < 1.29 is 4.42 Å². The largest absolute Gasteiger partial charge is 0.456 e. The van der Waals surface area contributed by atoms with Crippen LogP contribution in [0.25, 0.3) is 71.3 Å². The molecule has 1 aliphatic heterocycles. The maximum absolute atomic E-state index is 6.81. The molecule has 11 rings (SSSR count). The molecule has 1 unspecified atom stereocenters. The number of furan rings is 1. The van der Waals surface area contributed by atoms with Gasteiger partial charge >= 0.3 is 0 Å². The minimum atomic E-state index is -0.380. The fourth-order valence-electron chi connectivity index (χ4n) is 8.09. The van der Waals surface area contributed by atoms with E-state index >= 15 is 0 Å². The normalized spacial score (nSPS) is 14.5. The van der Waals surface area contributed by atoms with Crippen LogP contribution < -0.4 is 5.32 Å². The monoisotopic (exact) mass is 692 g/mol. The van der Waals surface area contributed by atoms with Gasteiger partial charge < -0.3 is 14.3 Å². The average Bonchev–Trinajstić information content (AvgIpc) is 3.78. The molecule has 0 radical (unpaired) electrons. The smallest absolute Gasteiger partial charge is 0.159 e. The third kappa shape index (κ3) is 4.86. The van der Waals surface area contributed by atoms with Crippen LogP contribution in [0.15, 0.2) is 196 Å². The van der Waals surface area contributed by atoms with Crippen LogP contribution in [0.5, 0.6) is 0 Å². The highest BCUT2D eigenvalue weighted by Crippen LogP contribution is 2.43. The summed E-state index contributed by atoms with van der Waals surface area (Å²) in [7, 11) is 0. The molecule has 54 heavy (non-hydrogen) atoms. The van der Waals surface area contributed by atoms with Crippen molar-refractivity contribution in [2.75, 3.05) is 0 Å². The van der Waals surface area contributed by atoms with Gasteiger partial charge in [-0.05, 0) is 46.8 Å². The molecule has 5 heteroatoms. The van der Waals surface area contributed by atoms with E-state index in [1.165, 1.54) is 32.8 Å². The summed E-state index contributed by atoms with van der Waals surface area (Å²) in [5, 5.41) is 10.6. The number of hydrogen-bond acceptors (Lipinski definition) is 4. The van der Waals surface area contributed by atoms with E-state index in [2.05, 4.69) is 168 Å². The fourth-order valence-corrected chi connectivity index (χ4v) is 8.09. The summed E-state index contributed by atoms with van der Waals surface area (Å²) in [4.78, 5) is 10.3. The van der Waals surface area contributed by atoms with Gasteiger partial charge in [0.25, 0.3) is 0 Å². The molecule has 10 aromatic rings. The van der Waals surface area contributed by atoms with Gasteiger partial charge in [0, 0.05) is 38.2 Å². The van der Waals surface area contributed by atoms with E-state index in [9.17, 15) is 0 Å². The molecule has 2 aromatic heterocycles. The van der Waals surface area contributed by atoms with Crippen molar-refractivity contribution in [1.82, 2.24) is 9.88 Å². The SMILES string of the molecule is c1ccc(C2=NC(c3ccc(-c4ccccc4)cc3)=NC(c3ccc4c(c3)oc3cc5ccccc5c(-n5c6ccccc6c6ccccc65)c34)N2)cc1. The van der Waals surface area contributed by atoms with Gasteiger partial charge in [-0.15, -0.1) is 0 Å². The molecule has 1 aliphatic rings. The Morgan fingerprint density at radius 2 is 1.07 bits per heavy atom. The molecule has 0 saturated heterocycles. The molecule has 1 N–H and O–H groups in total. The van der Waals surface area contributed by atoms with Gasteiger partial charge in [0.1, 0.15) is 23.2 Å². The fraction of sp³-hybridized carbons (Fsp3) is 0.0204. The molecular weight excluding hydrogens is 661 g/mol. The summed E-state index contributed by atoms with van der Waals surface area (Å²) in [6.07, 6.45) is -0.380. The molecule has 0 spiro atoms. The highest BCUT2D eigenvalue weighted by Gasteiger charge is 2.24. The average molecular weight is 693 g/mol. The van der Waals surface area contributed by atoms with Crippen LogP contribution in [0.4, 0.5) is 0 Å². The van der Waals surface area contributed by atoms with Crippen molar-refractivity contribution in [1.29, 1.82) is 0 Å². The lowest BCUT2D eigenvalue weighted by molar-refractivity contribution is 0.655. The number of nitrogens with zero attached hydrogens (tertiary/aromatic N) is 3. The Balaban J connectivity index is 1.08. The summed E-state index contributed by atoms with van der Waals surface area (Å²) in [5.74, 6) is 1.46. The zero-order valence-corrected chi connectivity index (χ0v) is 29.1. The van der Waals surface area contributed by atoms with E-state index in [1.54, 1.807) is 0 Å². The summed E-state index contributed by atoms with van der Waals surface area (Å²) >= 11 is 0. The maximum Gasteiger partial charge on any atom is 0.159 e. The number of nitrogens with one attached hydrogen (secondary N) is 1. The number of aliphatic imine (C=N–C) groups is 2. The molecule has 0 saturated carbocycles. The lowest BCUT2D eigenvalue weighted by Crippen LogP contribution is -2.33. The van der Waals surface area contributed by atoms with Crippen molar-refractivity contribution >= 4 is 66.2 Å². The van der Waals surface area contributed by atoms with Crippen LogP contribution in [0.1, 0.15) is 22.9 Å². The van der Waals surface area contributed by atoms with Gasteiger partial charge in [-0.1, -0.05) is 152 Å². The Kier molecular flexibility index (Phi) is 6.85. The highest BCUT2D eigenvalue weighted by molar-refractivity contribution is 6.20. The van der Waals surface area contributed by atoms with Crippen molar-refractivity contribution in [2.24, 2.45) is 9.98 Å². The zero-order valence-electron chi connectivity index (χ0n) is 29.1. The third-order valence-corrected chi connectivity index (χ3v) is 10.6. The molecule has 1 atom stereocenters. The Morgan fingerprint density at radius 3 is 1.80 bits per heavy atom. The molecule has 3 heterocycles. The van der Waals surface area contributed by atoms with Crippen molar-refractivity contribution in [3.8, 4) is 16.8 Å². The molecule has 0 aliphatic carbocycles. The molecular formula is C49H32N4O. The number of para-hydroxylation sites is 2. The van der Waals surface area contributed by atoms with Crippen molar-refractivity contribution in [3.05, 3.63) is 199 Å². The van der Waals surface area contributed by atoms with Crippen LogP contribution in [-0.4, -0.2) is 16.2 Å². The van der Waals surface area contributed by atoms with Crippen LogP contribution in [0.3, 0.4) is 0 Å². The number of benzene rings is 8. The summed E-state index contributed by atoms with van der Waals surface area (Å²) in [6, 6.07) is 63.8. The second-order valence-electron chi connectivity index (χ2n) is 13.8. The maximum atomic E-state index is 6.81.